The highest BCUT2D eigenvalue weighted by atomic mass is 16.2. The second kappa shape index (κ2) is 9.19. The van der Waals surface area contributed by atoms with E-state index in [0.717, 1.165) is 32.7 Å². The van der Waals surface area contributed by atoms with Crippen molar-refractivity contribution in [1.29, 1.82) is 0 Å². The van der Waals surface area contributed by atoms with Crippen molar-refractivity contribution in [3.05, 3.63) is 35.9 Å². The highest BCUT2D eigenvalue weighted by Crippen LogP contribution is 2.20. The number of nitrogens with zero attached hydrogens (tertiary/aromatic N) is 2. The molecular formula is C20H33N3O. The Bertz CT molecular complexity index is 503. The number of nitrogens with two attached hydrogens (primary N) is 1. The van der Waals surface area contributed by atoms with Crippen molar-refractivity contribution < 1.29 is 4.79 Å². The second-order valence-electron chi connectivity index (χ2n) is 7.38. The van der Waals surface area contributed by atoms with Gasteiger partial charge in [-0.2, -0.15) is 0 Å². The van der Waals surface area contributed by atoms with Gasteiger partial charge in [0.15, 0.2) is 0 Å². The van der Waals surface area contributed by atoms with Gasteiger partial charge in [0, 0.05) is 26.2 Å². The first-order valence-corrected chi connectivity index (χ1v) is 9.32. The van der Waals surface area contributed by atoms with E-state index in [2.05, 4.69) is 42.2 Å². The molecule has 0 unspecified atom stereocenters. The number of hydrogen-bond acceptors (Lipinski definition) is 3. The van der Waals surface area contributed by atoms with Crippen LogP contribution in [0.25, 0.3) is 0 Å². The Morgan fingerprint density at radius 2 is 2.04 bits per heavy atom. The maximum absolute atomic E-state index is 12.5. The summed E-state index contributed by atoms with van der Waals surface area (Å²) in [5.41, 5.74) is 7.43. The third-order valence-electron chi connectivity index (χ3n) is 5.03. The molecule has 1 aromatic carbocycles. The van der Waals surface area contributed by atoms with Crippen LogP contribution < -0.4 is 5.73 Å². The largest absolute Gasteiger partial charge is 0.341 e. The van der Waals surface area contributed by atoms with Crippen molar-refractivity contribution in [1.82, 2.24) is 9.80 Å². The summed E-state index contributed by atoms with van der Waals surface area (Å²) in [4.78, 5) is 17.0. The molecule has 0 aromatic heterocycles. The Hall–Kier alpha value is -1.39. The molecule has 0 radical (unpaired) electrons. The number of carbonyl (C=O) groups excluding carboxylic acids is 1. The number of likely N-dealkylation sites (N-methyl/N-ethyl adjacent to an activating group) is 1. The summed E-state index contributed by atoms with van der Waals surface area (Å²) in [7, 11) is 0. The Kier molecular flexibility index (Phi) is 7.25. The molecule has 2 atom stereocenters. The van der Waals surface area contributed by atoms with E-state index in [1.807, 2.05) is 18.7 Å². The van der Waals surface area contributed by atoms with Gasteiger partial charge in [-0.15, -0.1) is 0 Å². The lowest BCUT2D eigenvalue weighted by atomic mass is 9.96. The van der Waals surface area contributed by atoms with Gasteiger partial charge in [-0.1, -0.05) is 44.2 Å². The van der Waals surface area contributed by atoms with Gasteiger partial charge < -0.3 is 10.6 Å². The highest BCUT2D eigenvalue weighted by Gasteiger charge is 2.27. The normalized spacial score (nSPS) is 20.1. The zero-order valence-corrected chi connectivity index (χ0v) is 15.4. The zero-order valence-electron chi connectivity index (χ0n) is 15.4. The molecule has 134 valence electrons. The highest BCUT2D eigenvalue weighted by molar-refractivity contribution is 5.81. The zero-order chi connectivity index (χ0) is 17.5. The van der Waals surface area contributed by atoms with E-state index in [0.29, 0.717) is 5.92 Å². The first kappa shape index (κ1) is 18.9. The minimum absolute atomic E-state index is 0.104. The van der Waals surface area contributed by atoms with Crippen LogP contribution in [0.2, 0.25) is 0 Å². The molecule has 0 bridgehead atoms. The van der Waals surface area contributed by atoms with Crippen molar-refractivity contribution >= 4 is 5.91 Å². The summed E-state index contributed by atoms with van der Waals surface area (Å²) >= 11 is 0. The summed E-state index contributed by atoms with van der Waals surface area (Å²) in [5, 5.41) is 0. The lowest BCUT2D eigenvalue weighted by Gasteiger charge is -2.36. The summed E-state index contributed by atoms with van der Waals surface area (Å²) < 4.78 is 0. The van der Waals surface area contributed by atoms with E-state index in [1.54, 1.807) is 0 Å². The van der Waals surface area contributed by atoms with Crippen LogP contribution in [0.15, 0.2) is 30.3 Å². The molecule has 1 fully saturated rings. The molecule has 0 saturated carbocycles. The summed E-state index contributed by atoms with van der Waals surface area (Å²) in [5.74, 6) is 0.839. The third-order valence-corrected chi connectivity index (χ3v) is 5.03. The smallest absolute Gasteiger partial charge is 0.239 e. The predicted octanol–water partition coefficient (Wildman–Crippen LogP) is 2.73. The van der Waals surface area contributed by atoms with Crippen molar-refractivity contribution in [2.24, 2.45) is 17.6 Å². The van der Waals surface area contributed by atoms with Crippen LogP contribution in [-0.2, 0) is 11.3 Å². The van der Waals surface area contributed by atoms with Crippen LogP contribution in [0.5, 0.6) is 0 Å². The number of piperidine rings is 1. The number of rotatable bonds is 7. The van der Waals surface area contributed by atoms with Crippen molar-refractivity contribution in [2.75, 3.05) is 26.2 Å². The lowest BCUT2D eigenvalue weighted by Crippen LogP contribution is -2.49. The van der Waals surface area contributed by atoms with E-state index in [1.165, 1.54) is 18.4 Å². The molecule has 24 heavy (non-hydrogen) atoms. The fraction of sp³-hybridized carbons (Fsp3) is 0.650. The summed E-state index contributed by atoms with van der Waals surface area (Å²) in [6, 6.07) is 10.3. The van der Waals surface area contributed by atoms with E-state index in [4.69, 9.17) is 5.73 Å². The number of benzene rings is 1. The number of carbonyl (C=O) groups is 1. The molecule has 1 amide bonds. The third kappa shape index (κ3) is 5.32. The van der Waals surface area contributed by atoms with Gasteiger partial charge >= 0.3 is 0 Å². The number of hydrogen-bond donors (Lipinski definition) is 1. The predicted molar refractivity (Wildman–Crippen MR) is 99.5 cm³/mol. The van der Waals surface area contributed by atoms with E-state index >= 15 is 0 Å². The van der Waals surface area contributed by atoms with E-state index in [-0.39, 0.29) is 17.9 Å². The molecule has 4 nitrogen and oxygen atoms in total. The van der Waals surface area contributed by atoms with Crippen molar-refractivity contribution in [2.45, 2.75) is 46.2 Å². The Morgan fingerprint density at radius 3 is 2.67 bits per heavy atom. The maximum Gasteiger partial charge on any atom is 0.239 e. The monoisotopic (exact) mass is 331 g/mol. The molecule has 0 spiro atoms. The molecule has 0 aliphatic carbocycles. The van der Waals surface area contributed by atoms with Crippen LogP contribution in [-0.4, -0.2) is 47.9 Å². The quantitative estimate of drug-likeness (QED) is 0.836. The van der Waals surface area contributed by atoms with Crippen LogP contribution in [0, 0.1) is 11.8 Å². The van der Waals surface area contributed by atoms with Crippen LogP contribution in [0.3, 0.4) is 0 Å². The molecule has 4 heteroatoms. The Labute approximate surface area is 147 Å². The molecule has 2 rings (SSSR count). The van der Waals surface area contributed by atoms with Gasteiger partial charge in [-0.25, -0.2) is 0 Å². The summed E-state index contributed by atoms with van der Waals surface area (Å²) in [6.45, 7) is 10.9. The molecule has 1 saturated heterocycles. The SMILES string of the molecule is CCN(C[C@@H]1CCCN(Cc2ccccc2)C1)C(=O)[C@@H](N)C(C)C. The average molecular weight is 332 g/mol. The van der Waals surface area contributed by atoms with Gasteiger partial charge in [0.25, 0.3) is 0 Å². The number of likely N-dealkylation sites (tertiary alicyclic amines) is 1. The molecule has 1 aromatic rings. The molecule has 1 aliphatic rings. The Balaban J connectivity index is 1.90. The Morgan fingerprint density at radius 1 is 1.33 bits per heavy atom. The van der Waals surface area contributed by atoms with Crippen LogP contribution in [0.4, 0.5) is 0 Å². The maximum atomic E-state index is 12.5. The molecule has 2 N–H and O–H groups in total. The standard InChI is InChI=1S/C20H33N3O/c1-4-23(20(24)19(21)16(2)3)15-18-11-8-12-22(14-18)13-17-9-6-5-7-10-17/h5-7,9-10,16,18-19H,4,8,11-15,21H2,1-3H3/t18-,19+/m1/s1. The van der Waals surface area contributed by atoms with E-state index in [9.17, 15) is 4.79 Å². The van der Waals surface area contributed by atoms with Gasteiger partial charge in [0.2, 0.25) is 5.91 Å². The van der Waals surface area contributed by atoms with Crippen LogP contribution in [0.1, 0.15) is 39.2 Å². The average Bonchev–Trinajstić information content (AvgIpc) is 2.59. The fourth-order valence-electron chi connectivity index (χ4n) is 3.47. The second-order valence-corrected chi connectivity index (χ2v) is 7.38. The summed E-state index contributed by atoms with van der Waals surface area (Å²) in [6.07, 6.45) is 2.41. The van der Waals surface area contributed by atoms with Crippen molar-refractivity contribution in [3.63, 3.8) is 0 Å². The fourth-order valence-corrected chi connectivity index (χ4v) is 3.47. The van der Waals surface area contributed by atoms with Gasteiger partial charge in [-0.05, 0) is 43.7 Å². The first-order valence-electron chi connectivity index (χ1n) is 9.32. The van der Waals surface area contributed by atoms with Crippen molar-refractivity contribution in [3.8, 4) is 0 Å². The minimum Gasteiger partial charge on any atom is -0.341 e. The van der Waals surface area contributed by atoms with Gasteiger partial charge in [0.05, 0.1) is 6.04 Å². The van der Waals surface area contributed by atoms with Crippen LogP contribution >= 0.6 is 0 Å². The molecule has 1 aliphatic heterocycles. The molecular weight excluding hydrogens is 298 g/mol. The lowest BCUT2D eigenvalue weighted by molar-refractivity contribution is -0.134. The van der Waals surface area contributed by atoms with Gasteiger partial charge in [-0.3, -0.25) is 9.69 Å². The topological polar surface area (TPSA) is 49.6 Å². The minimum atomic E-state index is -0.381. The first-order chi connectivity index (χ1) is 11.5. The van der Waals surface area contributed by atoms with E-state index < -0.39 is 0 Å². The number of amides is 1. The molecule has 1 heterocycles. The van der Waals surface area contributed by atoms with Gasteiger partial charge in [0.1, 0.15) is 0 Å².